The molecule has 0 amide bonds. The number of nitriles is 1. The highest BCUT2D eigenvalue weighted by Gasteiger charge is 2.05. The van der Waals surface area contributed by atoms with Gasteiger partial charge in [-0.2, -0.15) is 5.26 Å². The van der Waals surface area contributed by atoms with Crippen molar-refractivity contribution in [3.05, 3.63) is 29.3 Å². The van der Waals surface area contributed by atoms with Crippen LogP contribution in [-0.4, -0.2) is 6.10 Å². The molecule has 2 nitrogen and oxygen atoms in total. The van der Waals surface area contributed by atoms with E-state index in [9.17, 15) is 0 Å². The summed E-state index contributed by atoms with van der Waals surface area (Å²) in [7, 11) is 0. The molecule has 0 saturated carbocycles. The molecule has 0 aliphatic rings. The number of hydrogen-bond donors (Lipinski definition) is 0. The first-order valence-corrected chi connectivity index (χ1v) is 5.37. The topological polar surface area (TPSA) is 33.0 Å². The number of rotatable bonds is 4. The number of hydrogen-bond acceptors (Lipinski definition) is 2. The number of aryl methyl sites for hydroxylation is 1. The minimum atomic E-state index is 0.106. The lowest BCUT2D eigenvalue weighted by atomic mass is 10.1. The molecular weight excluding hydrogens is 186 g/mol. The van der Waals surface area contributed by atoms with Crippen LogP contribution in [0.25, 0.3) is 0 Å². The van der Waals surface area contributed by atoms with E-state index in [4.69, 9.17) is 10.00 Å². The maximum absolute atomic E-state index is 8.99. The predicted molar refractivity (Wildman–Crippen MR) is 60.9 cm³/mol. The lowest BCUT2D eigenvalue weighted by molar-refractivity contribution is 0.241. The van der Waals surface area contributed by atoms with Crippen molar-refractivity contribution in [2.45, 2.75) is 39.7 Å². The molecule has 0 unspecified atom stereocenters. The van der Waals surface area contributed by atoms with Crippen molar-refractivity contribution >= 4 is 0 Å². The molecule has 0 N–H and O–H groups in total. The van der Waals surface area contributed by atoms with Gasteiger partial charge >= 0.3 is 0 Å². The summed E-state index contributed by atoms with van der Waals surface area (Å²) in [5, 5.41) is 8.99. The Hall–Kier alpha value is -1.49. The fourth-order valence-electron chi connectivity index (χ4n) is 1.47. The molecule has 1 aromatic rings. The van der Waals surface area contributed by atoms with Crippen LogP contribution in [0.15, 0.2) is 18.2 Å². The second-order valence-corrected chi connectivity index (χ2v) is 3.86. The van der Waals surface area contributed by atoms with Gasteiger partial charge in [0.2, 0.25) is 0 Å². The Morgan fingerprint density at radius 2 is 2.13 bits per heavy atom. The highest BCUT2D eigenvalue weighted by atomic mass is 16.5. The van der Waals surface area contributed by atoms with Crippen LogP contribution in [0.3, 0.4) is 0 Å². The van der Waals surface area contributed by atoms with E-state index in [1.807, 2.05) is 32.0 Å². The number of nitrogens with zero attached hydrogens (tertiary/aromatic N) is 1. The molecule has 0 radical (unpaired) electrons. The van der Waals surface area contributed by atoms with E-state index in [-0.39, 0.29) is 6.10 Å². The van der Waals surface area contributed by atoms with Gasteiger partial charge in [0.1, 0.15) is 11.8 Å². The molecule has 1 rings (SSSR count). The second-order valence-electron chi connectivity index (χ2n) is 3.86. The SMILES string of the molecule is CCCc1ccc(OC(C)C)c(C#N)c1. The molecule has 0 aliphatic heterocycles. The number of ether oxygens (including phenoxy) is 1. The van der Waals surface area contributed by atoms with Crippen LogP contribution >= 0.6 is 0 Å². The minimum Gasteiger partial charge on any atom is -0.490 e. The van der Waals surface area contributed by atoms with Gasteiger partial charge in [0.05, 0.1) is 11.7 Å². The molecule has 0 saturated heterocycles. The summed E-state index contributed by atoms with van der Waals surface area (Å²) in [6.45, 7) is 6.05. The molecule has 0 spiro atoms. The summed E-state index contributed by atoms with van der Waals surface area (Å²) >= 11 is 0. The van der Waals surface area contributed by atoms with Gasteiger partial charge in [0, 0.05) is 0 Å². The Morgan fingerprint density at radius 1 is 1.40 bits per heavy atom. The van der Waals surface area contributed by atoms with Crippen molar-refractivity contribution in [3.8, 4) is 11.8 Å². The summed E-state index contributed by atoms with van der Waals surface area (Å²) in [4.78, 5) is 0. The van der Waals surface area contributed by atoms with Crippen molar-refractivity contribution in [1.82, 2.24) is 0 Å². The molecule has 0 aromatic heterocycles. The van der Waals surface area contributed by atoms with Crippen LogP contribution in [0.2, 0.25) is 0 Å². The minimum absolute atomic E-state index is 0.106. The van der Waals surface area contributed by atoms with Crippen LogP contribution in [0, 0.1) is 11.3 Å². The van der Waals surface area contributed by atoms with Crippen molar-refractivity contribution in [2.75, 3.05) is 0 Å². The third-order valence-electron chi connectivity index (χ3n) is 2.07. The summed E-state index contributed by atoms with van der Waals surface area (Å²) in [5.74, 6) is 0.687. The highest BCUT2D eigenvalue weighted by molar-refractivity contribution is 5.45. The molecule has 0 heterocycles. The first-order chi connectivity index (χ1) is 7.17. The lowest BCUT2D eigenvalue weighted by Crippen LogP contribution is -2.07. The van der Waals surface area contributed by atoms with Crippen LogP contribution in [0.5, 0.6) is 5.75 Å². The average molecular weight is 203 g/mol. The Bertz CT molecular complexity index is 363. The Balaban J connectivity index is 2.94. The monoisotopic (exact) mass is 203 g/mol. The maximum Gasteiger partial charge on any atom is 0.137 e. The van der Waals surface area contributed by atoms with E-state index in [0.29, 0.717) is 11.3 Å². The zero-order valence-corrected chi connectivity index (χ0v) is 9.58. The summed E-state index contributed by atoms with van der Waals surface area (Å²) < 4.78 is 5.55. The van der Waals surface area contributed by atoms with Gasteiger partial charge in [-0.1, -0.05) is 19.4 Å². The van der Waals surface area contributed by atoms with Crippen LogP contribution in [0.4, 0.5) is 0 Å². The van der Waals surface area contributed by atoms with Crippen molar-refractivity contribution in [3.63, 3.8) is 0 Å². The molecule has 0 bridgehead atoms. The van der Waals surface area contributed by atoms with Crippen molar-refractivity contribution in [1.29, 1.82) is 5.26 Å². The first kappa shape index (κ1) is 11.6. The van der Waals surface area contributed by atoms with Crippen LogP contribution in [0.1, 0.15) is 38.3 Å². The molecule has 0 aliphatic carbocycles. The third kappa shape index (κ3) is 3.28. The van der Waals surface area contributed by atoms with Gasteiger partial charge in [-0.15, -0.1) is 0 Å². The van der Waals surface area contributed by atoms with E-state index in [0.717, 1.165) is 12.8 Å². The van der Waals surface area contributed by atoms with E-state index >= 15 is 0 Å². The van der Waals surface area contributed by atoms with Gasteiger partial charge in [-0.05, 0) is 38.0 Å². The molecule has 0 fully saturated rings. The zero-order chi connectivity index (χ0) is 11.3. The van der Waals surface area contributed by atoms with Crippen molar-refractivity contribution < 1.29 is 4.74 Å². The quantitative estimate of drug-likeness (QED) is 0.752. The molecule has 80 valence electrons. The fourth-order valence-corrected chi connectivity index (χ4v) is 1.47. The molecule has 1 aromatic carbocycles. The smallest absolute Gasteiger partial charge is 0.137 e. The maximum atomic E-state index is 8.99. The molecule has 15 heavy (non-hydrogen) atoms. The lowest BCUT2D eigenvalue weighted by Gasteiger charge is -2.11. The normalized spacial score (nSPS) is 10.1. The predicted octanol–water partition coefficient (Wildman–Crippen LogP) is 3.30. The third-order valence-corrected chi connectivity index (χ3v) is 2.07. The summed E-state index contributed by atoms with van der Waals surface area (Å²) in [5.41, 5.74) is 1.83. The highest BCUT2D eigenvalue weighted by Crippen LogP contribution is 2.21. The van der Waals surface area contributed by atoms with Gasteiger partial charge in [0.15, 0.2) is 0 Å². The van der Waals surface area contributed by atoms with E-state index in [2.05, 4.69) is 13.0 Å². The Labute approximate surface area is 91.5 Å². The zero-order valence-electron chi connectivity index (χ0n) is 9.58. The van der Waals surface area contributed by atoms with E-state index in [1.165, 1.54) is 5.56 Å². The van der Waals surface area contributed by atoms with E-state index in [1.54, 1.807) is 0 Å². The molecule has 0 atom stereocenters. The Morgan fingerprint density at radius 3 is 2.67 bits per heavy atom. The summed E-state index contributed by atoms with van der Waals surface area (Å²) in [6, 6.07) is 8.01. The largest absolute Gasteiger partial charge is 0.490 e. The van der Waals surface area contributed by atoms with Crippen LogP contribution in [-0.2, 0) is 6.42 Å². The Kier molecular flexibility index (Phi) is 4.17. The average Bonchev–Trinajstić information content (AvgIpc) is 2.20. The number of benzene rings is 1. The van der Waals surface area contributed by atoms with Gasteiger partial charge in [-0.25, -0.2) is 0 Å². The molecular formula is C13H17NO. The van der Waals surface area contributed by atoms with Gasteiger partial charge in [-0.3, -0.25) is 0 Å². The molecule has 2 heteroatoms. The summed E-state index contributed by atoms with van der Waals surface area (Å²) in [6.07, 6.45) is 2.21. The van der Waals surface area contributed by atoms with E-state index < -0.39 is 0 Å². The first-order valence-electron chi connectivity index (χ1n) is 5.37. The van der Waals surface area contributed by atoms with Gasteiger partial charge < -0.3 is 4.74 Å². The second kappa shape index (κ2) is 5.41. The van der Waals surface area contributed by atoms with Gasteiger partial charge in [0.25, 0.3) is 0 Å². The van der Waals surface area contributed by atoms with Crippen molar-refractivity contribution in [2.24, 2.45) is 0 Å². The standard InChI is InChI=1S/C13H17NO/c1-4-5-11-6-7-13(15-10(2)3)12(8-11)9-14/h6-8,10H,4-5H2,1-3H3. The fraction of sp³-hybridized carbons (Fsp3) is 0.462. The van der Waals surface area contributed by atoms with Crippen LogP contribution < -0.4 is 4.74 Å².